The van der Waals surface area contributed by atoms with Gasteiger partial charge in [0.05, 0.1) is 34.2 Å². The summed E-state index contributed by atoms with van der Waals surface area (Å²) in [7, 11) is 7.39. The molecule has 3 amide bonds. The highest BCUT2D eigenvalue weighted by Gasteiger charge is 2.24. The molecule has 1 unspecified atom stereocenters. The minimum atomic E-state index is -0.726. The van der Waals surface area contributed by atoms with Crippen LogP contribution < -0.4 is 29.3 Å². The molecule has 0 heterocycles. The lowest BCUT2D eigenvalue weighted by molar-refractivity contribution is -0.869. The van der Waals surface area contributed by atoms with Crippen LogP contribution in [0.25, 0.3) is 0 Å². The van der Waals surface area contributed by atoms with Gasteiger partial charge in [-0.3, -0.25) is 4.79 Å². The Morgan fingerprint density at radius 1 is 0.732 bits per heavy atom. The summed E-state index contributed by atoms with van der Waals surface area (Å²) in [6.45, 7) is 4.87. The molecule has 9 nitrogen and oxygen atoms in total. The Kier molecular flexibility index (Phi) is 28.3. The van der Waals surface area contributed by atoms with Crippen molar-refractivity contribution in [1.29, 1.82) is 0 Å². The molecule has 0 aromatic carbocycles. The summed E-state index contributed by atoms with van der Waals surface area (Å²) in [5.74, 6) is -0.378. The fourth-order valence-electron chi connectivity index (χ4n) is 4.29. The molecule has 1 N–H and O–H groups in total. The third-order valence-corrected chi connectivity index (χ3v) is 7.02. The molecule has 0 aliphatic carbocycles. The van der Waals surface area contributed by atoms with Gasteiger partial charge < -0.3 is 48.0 Å². The first kappa shape index (κ1) is 42.0. The van der Waals surface area contributed by atoms with Crippen LogP contribution in [0, 0.1) is 0 Å². The zero-order chi connectivity index (χ0) is 30.1. The SMILES string of the molecule is CCCCCCCCCCCCCCCCCCNC(=O)OCC(COC(=O)N(CC[N+](C)(C)C)C(C)=O)OC.[I-]. The number of rotatable bonds is 25. The van der Waals surface area contributed by atoms with E-state index in [0.29, 0.717) is 17.6 Å². The second kappa shape index (κ2) is 27.7. The second-order valence-electron chi connectivity index (χ2n) is 11.9. The van der Waals surface area contributed by atoms with Crippen LogP contribution in [0.2, 0.25) is 0 Å². The topological polar surface area (TPSA) is 94.2 Å². The van der Waals surface area contributed by atoms with Gasteiger partial charge in [-0.15, -0.1) is 0 Å². The molecule has 0 bridgehead atoms. The summed E-state index contributed by atoms with van der Waals surface area (Å²) < 4.78 is 16.3. The zero-order valence-corrected chi connectivity index (χ0v) is 29.3. The molecule has 0 saturated carbocycles. The Hall–Kier alpha value is -1.14. The molecule has 0 radical (unpaired) electrons. The van der Waals surface area contributed by atoms with Gasteiger partial charge in [0.1, 0.15) is 19.3 Å². The maximum Gasteiger partial charge on any atom is 0.416 e. The highest BCUT2D eigenvalue weighted by molar-refractivity contribution is 5.90. The van der Waals surface area contributed by atoms with Crippen molar-refractivity contribution in [2.75, 3.05) is 61.1 Å². The molecular weight excluding hydrogens is 637 g/mol. The van der Waals surface area contributed by atoms with Crippen molar-refractivity contribution in [3.8, 4) is 0 Å². The molecule has 0 aliphatic heterocycles. The van der Waals surface area contributed by atoms with Crippen LogP contribution >= 0.6 is 0 Å². The number of nitrogens with one attached hydrogen (secondary N) is 1. The van der Waals surface area contributed by atoms with E-state index in [2.05, 4.69) is 12.2 Å². The lowest BCUT2D eigenvalue weighted by Gasteiger charge is -2.27. The number of amides is 3. The highest BCUT2D eigenvalue weighted by atomic mass is 127. The van der Waals surface area contributed by atoms with Crippen LogP contribution in [-0.2, 0) is 19.0 Å². The predicted molar refractivity (Wildman–Crippen MR) is 161 cm³/mol. The first-order chi connectivity index (χ1) is 19.1. The lowest BCUT2D eigenvalue weighted by Crippen LogP contribution is -3.00. The van der Waals surface area contributed by atoms with E-state index in [1.54, 1.807) is 0 Å². The summed E-state index contributed by atoms with van der Waals surface area (Å²) in [4.78, 5) is 37.2. The van der Waals surface area contributed by atoms with Crippen LogP contribution in [0.3, 0.4) is 0 Å². The minimum Gasteiger partial charge on any atom is -1.00 e. The summed E-state index contributed by atoms with van der Waals surface area (Å²) in [6.07, 6.45) is 19.1. The molecule has 0 aromatic heterocycles. The summed E-state index contributed by atoms with van der Waals surface area (Å²) in [5, 5.41) is 2.76. The van der Waals surface area contributed by atoms with Gasteiger partial charge in [-0.25, -0.2) is 14.5 Å². The molecule has 1 atom stereocenters. The van der Waals surface area contributed by atoms with E-state index in [4.69, 9.17) is 14.2 Å². The van der Waals surface area contributed by atoms with Crippen LogP contribution in [0.1, 0.15) is 117 Å². The van der Waals surface area contributed by atoms with E-state index >= 15 is 0 Å². The van der Waals surface area contributed by atoms with Gasteiger partial charge in [0.2, 0.25) is 5.91 Å². The van der Waals surface area contributed by atoms with Crippen molar-refractivity contribution < 1.29 is 57.1 Å². The van der Waals surface area contributed by atoms with Gasteiger partial charge in [0.25, 0.3) is 0 Å². The van der Waals surface area contributed by atoms with Crippen molar-refractivity contribution in [3.05, 3.63) is 0 Å². The average Bonchev–Trinajstić information content (AvgIpc) is 2.89. The van der Waals surface area contributed by atoms with E-state index in [1.165, 1.54) is 104 Å². The normalized spacial score (nSPS) is 11.9. The number of alkyl carbamates (subject to hydrolysis) is 1. The molecule has 0 rings (SSSR count). The molecular formula is C31H62IN3O6. The number of quaternary nitrogens is 1. The first-order valence-electron chi connectivity index (χ1n) is 15.8. The molecule has 0 spiro atoms. The molecule has 0 aliphatic rings. The molecule has 0 aromatic rings. The van der Waals surface area contributed by atoms with E-state index in [1.807, 2.05) is 21.1 Å². The number of methoxy groups -OCH3 is 1. The molecule has 0 fully saturated rings. The van der Waals surface area contributed by atoms with Gasteiger partial charge in [-0.2, -0.15) is 0 Å². The Labute approximate surface area is 268 Å². The fraction of sp³-hybridized carbons (Fsp3) is 0.903. The number of carbonyl (C=O) groups excluding carboxylic acids is 3. The van der Waals surface area contributed by atoms with Gasteiger partial charge in [0, 0.05) is 20.6 Å². The fourth-order valence-corrected chi connectivity index (χ4v) is 4.29. The number of hydrogen-bond acceptors (Lipinski definition) is 6. The molecule has 41 heavy (non-hydrogen) atoms. The number of halogens is 1. The van der Waals surface area contributed by atoms with Gasteiger partial charge in [-0.05, 0) is 6.42 Å². The zero-order valence-electron chi connectivity index (χ0n) is 27.1. The smallest absolute Gasteiger partial charge is 0.416 e. The van der Waals surface area contributed by atoms with Gasteiger partial charge in [-0.1, -0.05) is 103 Å². The van der Waals surface area contributed by atoms with Crippen LogP contribution in [0.4, 0.5) is 9.59 Å². The molecule has 0 saturated heterocycles. The largest absolute Gasteiger partial charge is 1.00 e. The number of carbonyl (C=O) groups is 3. The van der Waals surface area contributed by atoms with Gasteiger partial charge >= 0.3 is 12.2 Å². The van der Waals surface area contributed by atoms with Crippen molar-refractivity contribution >= 4 is 18.1 Å². The van der Waals surface area contributed by atoms with Gasteiger partial charge in [0.15, 0.2) is 0 Å². The van der Waals surface area contributed by atoms with Crippen molar-refractivity contribution in [1.82, 2.24) is 10.2 Å². The number of ether oxygens (including phenoxy) is 3. The van der Waals surface area contributed by atoms with Crippen molar-refractivity contribution in [2.45, 2.75) is 123 Å². The first-order valence-corrected chi connectivity index (χ1v) is 15.8. The Morgan fingerprint density at radius 2 is 1.17 bits per heavy atom. The number of unbranched alkanes of at least 4 members (excludes halogenated alkanes) is 15. The Bertz CT molecular complexity index is 660. The van der Waals surface area contributed by atoms with E-state index in [9.17, 15) is 14.4 Å². The predicted octanol–water partition coefficient (Wildman–Crippen LogP) is 3.68. The van der Waals surface area contributed by atoms with E-state index in [0.717, 1.165) is 17.7 Å². The number of hydrogen-bond donors (Lipinski definition) is 1. The summed E-state index contributed by atoms with van der Waals surface area (Å²) in [6, 6.07) is 0. The lowest BCUT2D eigenvalue weighted by atomic mass is 10.0. The minimum absolute atomic E-state index is 0. The quantitative estimate of drug-likeness (QED) is 0.0889. The molecule has 10 heteroatoms. The maximum atomic E-state index is 12.3. The number of imide groups is 1. The highest BCUT2D eigenvalue weighted by Crippen LogP contribution is 2.13. The van der Waals surface area contributed by atoms with Crippen LogP contribution in [-0.4, -0.2) is 94.7 Å². The number of nitrogens with zero attached hydrogens (tertiary/aromatic N) is 2. The van der Waals surface area contributed by atoms with Crippen molar-refractivity contribution in [3.63, 3.8) is 0 Å². The third kappa shape index (κ3) is 27.4. The Morgan fingerprint density at radius 3 is 1.59 bits per heavy atom. The van der Waals surface area contributed by atoms with Crippen LogP contribution in [0.5, 0.6) is 0 Å². The standard InChI is InChI=1S/C31H61N3O6.HI/c1-7-8-9-10-11-12-13-14-15-16-17-18-19-20-21-22-23-32-30(36)39-26-29(38-6)27-40-31(37)33(28(2)35)24-25-34(3,4)5;/h29H,7-27H2,1-6H3;1H. The molecule has 244 valence electrons. The average molecular weight is 700 g/mol. The number of likely N-dealkylation sites (N-methyl/N-ethyl adjacent to an activating group) is 1. The monoisotopic (exact) mass is 699 g/mol. The maximum absolute atomic E-state index is 12.3. The van der Waals surface area contributed by atoms with E-state index < -0.39 is 18.3 Å². The Balaban J connectivity index is 0. The summed E-state index contributed by atoms with van der Waals surface area (Å²) in [5.41, 5.74) is 0. The van der Waals surface area contributed by atoms with Crippen LogP contribution in [0.15, 0.2) is 0 Å². The van der Waals surface area contributed by atoms with Crippen molar-refractivity contribution in [2.24, 2.45) is 0 Å². The summed E-state index contributed by atoms with van der Waals surface area (Å²) >= 11 is 0. The third-order valence-electron chi connectivity index (χ3n) is 7.02. The second-order valence-corrected chi connectivity index (χ2v) is 11.9. The van der Waals surface area contributed by atoms with E-state index in [-0.39, 0.29) is 49.6 Å².